The van der Waals surface area contributed by atoms with Crippen LogP contribution in [-0.2, 0) is 0 Å². The number of aromatic amines is 1. The number of hydrogen-bond donors (Lipinski definition) is 2. The Morgan fingerprint density at radius 3 is 2.76 bits per heavy atom. The number of H-pyrrole nitrogens is 1. The molecule has 0 saturated heterocycles. The Morgan fingerprint density at radius 1 is 1.47 bits per heavy atom. The van der Waals surface area contributed by atoms with Crippen LogP contribution in [0.3, 0.4) is 0 Å². The van der Waals surface area contributed by atoms with Crippen molar-refractivity contribution >= 4 is 5.91 Å². The third-order valence-electron chi connectivity index (χ3n) is 2.87. The molecule has 2 rings (SSSR count). The maximum Gasteiger partial charge on any atom is 0.291 e. The van der Waals surface area contributed by atoms with Crippen LogP contribution in [0.4, 0.5) is 0 Å². The van der Waals surface area contributed by atoms with Crippen molar-refractivity contribution in [3.05, 3.63) is 11.6 Å². The third kappa shape index (κ3) is 3.28. The molecule has 0 bridgehead atoms. The van der Waals surface area contributed by atoms with Crippen molar-refractivity contribution in [3.63, 3.8) is 0 Å². The van der Waals surface area contributed by atoms with Gasteiger partial charge in [-0.25, -0.2) is 4.98 Å². The SMILES string of the molecule is CC(C)CC(C)NC(=O)c1n[nH]c(C2CC2)n1. The van der Waals surface area contributed by atoms with Crippen molar-refractivity contribution in [3.8, 4) is 0 Å². The lowest BCUT2D eigenvalue weighted by Gasteiger charge is -2.14. The first-order valence-electron chi connectivity index (χ1n) is 6.29. The topological polar surface area (TPSA) is 70.7 Å². The Kier molecular flexibility index (Phi) is 3.45. The summed E-state index contributed by atoms with van der Waals surface area (Å²) < 4.78 is 0. The fourth-order valence-electron chi connectivity index (χ4n) is 1.97. The largest absolute Gasteiger partial charge is 0.347 e. The third-order valence-corrected chi connectivity index (χ3v) is 2.87. The molecular weight excluding hydrogens is 216 g/mol. The molecule has 0 aromatic carbocycles. The van der Waals surface area contributed by atoms with E-state index in [0.29, 0.717) is 11.8 Å². The van der Waals surface area contributed by atoms with Gasteiger partial charge >= 0.3 is 0 Å². The van der Waals surface area contributed by atoms with Crippen LogP contribution in [0.25, 0.3) is 0 Å². The molecule has 1 amide bonds. The van der Waals surface area contributed by atoms with E-state index in [0.717, 1.165) is 25.1 Å². The van der Waals surface area contributed by atoms with Crippen LogP contribution < -0.4 is 5.32 Å². The molecule has 0 spiro atoms. The fraction of sp³-hybridized carbons (Fsp3) is 0.750. The summed E-state index contributed by atoms with van der Waals surface area (Å²) in [6.07, 6.45) is 3.27. The molecule has 94 valence electrons. The van der Waals surface area contributed by atoms with Crippen molar-refractivity contribution < 1.29 is 4.79 Å². The van der Waals surface area contributed by atoms with E-state index in [9.17, 15) is 4.79 Å². The van der Waals surface area contributed by atoms with E-state index in [1.807, 2.05) is 6.92 Å². The summed E-state index contributed by atoms with van der Waals surface area (Å²) in [4.78, 5) is 16.1. The van der Waals surface area contributed by atoms with Gasteiger partial charge in [-0.15, -0.1) is 5.10 Å². The Balaban J connectivity index is 1.89. The Morgan fingerprint density at radius 2 is 2.18 bits per heavy atom. The summed E-state index contributed by atoms with van der Waals surface area (Å²) in [6, 6.07) is 0.158. The van der Waals surface area contributed by atoms with E-state index in [2.05, 4.69) is 34.3 Å². The van der Waals surface area contributed by atoms with Gasteiger partial charge in [0.15, 0.2) is 0 Å². The second kappa shape index (κ2) is 4.85. The lowest BCUT2D eigenvalue weighted by Crippen LogP contribution is -2.34. The van der Waals surface area contributed by atoms with Crippen LogP contribution in [0, 0.1) is 5.92 Å². The molecule has 0 aliphatic heterocycles. The molecule has 1 atom stereocenters. The zero-order valence-corrected chi connectivity index (χ0v) is 10.7. The summed E-state index contributed by atoms with van der Waals surface area (Å²) in [7, 11) is 0. The maximum atomic E-state index is 11.8. The molecule has 17 heavy (non-hydrogen) atoms. The molecular formula is C12H20N4O. The van der Waals surface area contributed by atoms with Crippen LogP contribution in [0.2, 0.25) is 0 Å². The van der Waals surface area contributed by atoms with Crippen LogP contribution >= 0.6 is 0 Å². The highest BCUT2D eigenvalue weighted by Gasteiger charge is 2.28. The van der Waals surface area contributed by atoms with Crippen LogP contribution in [0.5, 0.6) is 0 Å². The second-order valence-electron chi connectivity index (χ2n) is 5.32. The lowest BCUT2D eigenvalue weighted by atomic mass is 10.1. The highest BCUT2D eigenvalue weighted by molar-refractivity contribution is 5.90. The average Bonchev–Trinajstić information content (AvgIpc) is 2.95. The first-order chi connectivity index (χ1) is 8.06. The van der Waals surface area contributed by atoms with Gasteiger partial charge in [-0.3, -0.25) is 9.89 Å². The van der Waals surface area contributed by atoms with Gasteiger partial charge in [-0.1, -0.05) is 13.8 Å². The normalized spacial score (nSPS) is 17.2. The number of rotatable bonds is 5. The summed E-state index contributed by atoms with van der Waals surface area (Å²) >= 11 is 0. The smallest absolute Gasteiger partial charge is 0.291 e. The number of carbonyl (C=O) groups excluding carboxylic acids is 1. The minimum atomic E-state index is -0.179. The van der Waals surface area contributed by atoms with Crippen molar-refractivity contribution in [2.75, 3.05) is 0 Å². The highest BCUT2D eigenvalue weighted by atomic mass is 16.2. The fourth-order valence-corrected chi connectivity index (χ4v) is 1.97. The van der Waals surface area contributed by atoms with E-state index in [1.54, 1.807) is 0 Å². The molecule has 1 aromatic rings. The summed E-state index contributed by atoms with van der Waals surface area (Å²) in [5.41, 5.74) is 0. The highest BCUT2D eigenvalue weighted by Crippen LogP contribution is 2.37. The van der Waals surface area contributed by atoms with E-state index in [4.69, 9.17) is 0 Å². The van der Waals surface area contributed by atoms with E-state index in [-0.39, 0.29) is 17.8 Å². The number of amides is 1. The molecule has 2 N–H and O–H groups in total. The second-order valence-corrected chi connectivity index (χ2v) is 5.32. The molecule has 5 nitrogen and oxygen atoms in total. The predicted octanol–water partition coefficient (Wildman–Crippen LogP) is 1.85. The Bertz CT molecular complexity index is 395. The van der Waals surface area contributed by atoms with Gasteiger partial charge in [0.25, 0.3) is 5.91 Å². The first kappa shape index (κ1) is 12.1. The monoisotopic (exact) mass is 236 g/mol. The van der Waals surface area contributed by atoms with Crippen molar-refractivity contribution in [2.24, 2.45) is 5.92 Å². The zero-order valence-electron chi connectivity index (χ0n) is 10.7. The molecule has 1 aromatic heterocycles. The number of nitrogens with zero attached hydrogens (tertiary/aromatic N) is 2. The van der Waals surface area contributed by atoms with E-state index in [1.165, 1.54) is 0 Å². The number of carbonyl (C=O) groups is 1. The average molecular weight is 236 g/mol. The minimum Gasteiger partial charge on any atom is -0.347 e. The van der Waals surface area contributed by atoms with Crippen molar-refractivity contribution in [1.82, 2.24) is 20.5 Å². The molecule has 0 radical (unpaired) electrons. The lowest BCUT2D eigenvalue weighted by molar-refractivity contribution is 0.0926. The zero-order chi connectivity index (χ0) is 12.4. The van der Waals surface area contributed by atoms with Gasteiger partial charge < -0.3 is 5.32 Å². The number of nitrogens with one attached hydrogen (secondary N) is 2. The Labute approximate surface area is 101 Å². The molecule has 1 unspecified atom stereocenters. The standard InChI is InChI=1S/C12H20N4O/c1-7(2)6-8(3)13-12(17)11-14-10(15-16-11)9-4-5-9/h7-9H,4-6H2,1-3H3,(H,13,17)(H,14,15,16). The molecule has 1 heterocycles. The molecule has 1 aliphatic rings. The summed E-state index contributed by atoms with van der Waals surface area (Å²) in [5, 5.41) is 9.72. The van der Waals surface area contributed by atoms with Crippen LogP contribution in [0.1, 0.15) is 62.4 Å². The van der Waals surface area contributed by atoms with Gasteiger partial charge in [0.05, 0.1) is 0 Å². The molecule has 1 fully saturated rings. The Hall–Kier alpha value is -1.39. The number of hydrogen-bond acceptors (Lipinski definition) is 3. The van der Waals surface area contributed by atoms with Gasteiger partial charge in [0, 0.05) is 12.0 Å². The van der Waals surface area contributed by atoms with Gasteiger partial charge in [0.2, 0.25) is 5.82 Å². The van der Waals surface area contributed by atoms with Crippen molar-refractivity contribution in [1.29, 1.82) is 0 Å². The maximum absolute atomic E-state index is 11.8. The summed E-state index contributed by atoms with van der Waals surface area (Å²) in [5.74, 6) is 2.01. The molecule has 1 saturated carbocycles. The van der Waals surface area contributed by atoms with Crippen LogP contribution in [-0.4, -0.2) is 27.1 Å². The van der Waals surface area contributed by atoms with E-state index >= 15 is 0 Å². The van der Waals surface area contributed by atoms with Gasteiger partial charge in [0.1, 0.15) is 5.82 Å². The minimum absolute atomic E-state index is 0.158. The van der Waals surface area contributed by atoms with Crippen molar-refractivity contribution in [2.45, 2.75) is 52.0 Å². The van der Waals surface area contributed by atoms with Gasteiger partial charge in [-0.05, 0) is 32.1 Å². The van der Waals surface area contributed by atoms with E-state index < -0.39 is 0 Å². The molecule has 5 heteroatoms. The van der Waals surface area contributed by atoms with Gasteiger partial charge in [-0.2, -0.15) is 0 Å². The summed E-state index contributed by atoms with van der Waals surface area (Å²) in [6.45, 7) is 6.29. The predicted molar refractivity (Wildman–Crippen MR) is 64.7 cm³/mol. The number of aromatic nitrogens is 3. The van der Waals surface area contributed by atoms with Crippen LogP contribution in [0.15, 0.2) is 0 Å². The first-order valence-corrected chi connectivity index (χ1v) is 6.29. The molecule has 1 aliphatic carbocycles. The quantitative estimate of drug-likeness (QED) is 0.819.